The first-order chi connectivity index (χ1) is 8.71. The molecule has 108 valence electrons. The number of piperazine rings is 1. The Labute approximate surface area is 121 Å². The normalized spacial score (nSPS) is 19.6. The van der Waals surface area contributed by atoms with Gasteiger partial charge in [-0.25, -0.2) is 0 Å². The number of hydrogen-bond acceptors (Lipinski definition) is 4. The molecule has 0 amide bonds. The Morgan fingerprint density at radius 3 is 2.37 bits per heavy atom. The first-order valence-electron chi connectivity index (χ1n) is 6.39. The fourth-order valence-electron chi connectivity index (χ4n) is 2.37. The van der Waals surface area contributed by atoms with Crippen LogP contribution in [-0.4, -0.2) is 44.8 Å². The Morgan fingerprint density at radius 1 is 1.21 bits per heavy atom. The number of rotatable bonds is 4. The quantitative estimate of drug-likeness (QED) is 0.917. The molecule has 0 bridgehead atoms. The van der Waals surface area contributed by atoms with E-state index in [0.29, 0.717) is 6.04 Å². The molecule has 5 heteroatoms. The molecule has 1 saturated heterocycles. The zero-order chi connectivity index (χ0) is 13.0. The van der Waals surface area contributed by atoms with Crippen LogP contribution in [0.2, 0.25) is 0 Å². The molecule has 1 aromatic carbocycles. The molecule has 0 radical (unpaired) electrons. The number of nitrogens with one attached hydrogen (secondary N) is 1. The van der Waals surface area contributed by atoms with Crippen LogP contribution in [0.15, 0.2) is 18.2 Å². The van der Waals surface area contributed by atoms with Crippen LogP contribution in [0.1, 0.15) is 12.5 Å². The van der Waals surface area contributed by atoms with Gasteiger partial charge in [0.1, 0.15) is 11.5 Å². The Bertz CT molecular complexity index is 379. The number of methoxy groups -OCH3 is 2. The highest BCUT2D eigenvalue weighted by Crippen LogP contribution is 2.23. The van der Waals surface area contributed by atoms with Gasteiger partial charge in [0.25, 0.3) is 0 Å². The van der Waals surface area contributed by atoms with Crippen molar-refractivity contribution in [3.8, 4) is 11.5 Å². The minimum Gasteiger partial charge on any atom is -0.497 e. The molecule has 0 unspecified atom stereocenters. The highest BCUT2D eigenvalue weighted by molar-refractivity contribution is 5.85. The van der Waals surface area contributed by atoms with Gasteiger partial charge < -0.3 is 14.8 Å². The van der Waals surface area contributed by atoms with Crippen molar-refractivity contribution in [3.05, 3.63) is 23.8 Å². The molecule has 1 heterocycles. The molecule has 1 aromatic rings. The van der Waals surface area contributed by atoms with E-state index in [-0.39, 0.29) is 12.4 Å². The Kier molecular flexibility index (Phi) is 6.42. The summed E-state index contributed by atoms with van der Waals surface area (Å²) in [5, 5.41) is 3.45. The Balaban J connectivity index is 0.00000180. The van der Waals surface area contributed by atoms with Gasteiger partial charge in [0, 0.05) is 38.3 Å². The van der Waals surface area contributed by atoms with E-state index < -0.39 is 0 Å². The summed E-state index contributed by atoms with van der Waals surface area (Å²) in [5.74, 6) is 1.71. The predicted octanol–water partition coefficient (Wildman–Crippen LogP) is 1.92. The van der Waals surface area contributed by atoms with Gasteiger partial charge in [-0.3, -0.25) is 4.90 Å². The molecule has 1 fully saturated rings. The lowest BCUT2D eigenvalue weighted by atomic mass is 10.1. The van der Waals surface area contributed by atoms with Crippen LogP contribution >= 0.6 is 12.4 Å². The Hall–Kier alpha value is -0.970. The molecule has 1 atom stereocenters. The van der Waals surface area contributed by atoms with Crippen LogP contribution in [0.3, 0.4) is 0 Å². The number of nitrogens with zero attached hydrogens (tertiary/aromatic N) is 1. The summed E-state index contributed by atoms with van der Waals surface area (Å²) in [4.78, 5) is 2.45. The van der Waals surface area contributed by atoms with E-state index in [2.05, 4.69) is 29.3 Å². The lowest BCUT2D eigenvalue weighted by molar-refractivity contribution is 0.199. The van der Waals surface area contributed by atoms with Crippen molar-refractivity contribution < 1.29 is 9.47 Å². The van der Waals surface area contributed by atoms with E-state index in [0.717, 1.165) is 37.7 Å². The zero-order valence-corrected chi connectivity index (χ0v) is 12.6. The van der Waals surface area contributed by atoms with E-state index in [1.165, 1.54) is 5.56 Å². The average Bonchev–Trinajstić information content (AvgIpc) is 2.38. The predicted molar refractivity (Wildman–Crippen MR) is 79.5 cm³/mol. The van der Waals surface area contributed by atoms with Gasteiger partial charge in [-0.05, 0) is 24.6 Å². The van der Waals surface area contributed by atoms with Gasteiger partial charge in [0.2, 0.25) is 0 Å². The van der Waals surface area contributed by atoms with Gasteiger partial charge in [-0.15, -0.1) is 12.4 Å². The van der Waals surface area contributed by atoms with E-state index in [1.54, 1.807) is 14.2 Å². The molecule has 0 aromatic heterocycles. The summed E-state index contributed by atoms with van der Waals surface area (Å²) in [6, 6.07) is 6.63. The molecule has 1 aliphatic rings. The number of halogens is 1. The third-order valence-corrected chi connectivity index (χ3v) is 3.27. The third kappa shape index (κ3) is 4.56. The fraction of sp³-hybridized carbons (Fsp3) is 0.571. The number of ether oxygens (including phenoxy) is 2. The fourth-order valence-corrected chi connectivity index (χ4v) is 2.37. The highest BCUT2D eigenvalue weighted by Gasteiger charge is 2.16. The van der Waals surface area contributed by atoms with E-state index in [1.807, 2.05) is 6.07 Å². The maximum absolute atomic E-state index is 5.30. The van der Waals surface area contributed by atoms with E-state index in [9.17, 15) is 0 Å². The third-order valence-electron chi connectivity index (χ3n) is 3.27. The van der Waals surface area contributed by atoms with Gasteiger partial charge in [0.05, 0.1) is 14.2 Å². The Morgan fingerprint density at radius 2 is 1.84 bits per heavy atom. The molecule has 1 N–H and O–H groups in total. The summed E-state index contributed by atoms with van der Waals surface area (Å²) in [5.41, 5.74) is 1.24. The topological polar surface area (TPSA) is 33.7 Å². The lowest BCUT2D eigenvalue weighted by Gasteiger charge is -2.31. The molecule has 2 rings (SSSR count). The average molecular weight is 287 g/mol. The molecular formula is C14H23ClN2O2. The minimum atomic E-state index is 0. The van der Waals surface area contributed by atoms with Gasteiger partial charge in [0.15, 0.2) is 0 Å². The zero-order valence-electron chi connectivity index (χ0n) is 11.8. The number of benzene rings is 1. The molecule has 4 nitrogen and oxygen atoms in total. The largest absolute Gasteiger partial charge is 0.497 e. The van der Waals surface area contributed by atoms with E-state index in [4.69, 9.17) is 9.47 Å². The van der Waals surface area contributed by atoms with Crippen molar-refractivity contribution in [2.24, 2.45) is 0 Å². The van der Waals surface area contributed by atoms with Crippen molar-refractivity contribution in [1.82, 2.24) is 10.2 Å². The van der Waals surface area contributed by atoms with E-state index >= 15 is 0 Å². The van der Waals surface area contributed by atoms with Crippen LogP contribution in [0.25, 0.3) is 0 Å². The van der Waals surface area contributed by atoms with Crippen molar-refractivity contribution in [1.29, 1.82) is 0 Å². The maximum Gasteiger partial charge on any atom is 0.122 e. The molecule has 0 aliphatic carbocycles. The molecule has 0 spiro atoms. The van der Waals surface area contributed by atoms with Crippen LogP contribution < -0.4 is 14.8 Å². The van der Waals surface area contributed by atoms with Crippen molar-refractivity contribution in [2.75, 3.05) is 33.9 Å². The van der Waals surface area contributed by atoms with Crippen LogP contribution in [0, 0.1) is 0 Å². The first-order valence-corrected chi connectivity index (χ1v) is 6.39. The lowest BCUT2D eigenvalue weighted by Crippen LogP contribution is -2.48. The van der Waals surface area contributed by atoms with Crippen molar-refractivity contribution >= 4 is 12.4 Å². The summed E-state index contributed by atoms with van der Waals surface area (Å²) < 4.78 is 10.6. The maximum atomic E-state index is 5.30. The molecule has 0 saturated carbocycles. The second kappa shape index (κ2) is 7.58. The minimum absolute atomic E-state index is 0. The SMILES string of the molecule is COc1cc(CN2CCN[C@@H](C)C2)cc(OC)c1.Cl. The van der Waals surface area contributed by atoms with Gasteiger partial charge >= 0.3 is 0 Å². The van der Waals surface area contributed by atoms with Gasteiger partial charge in [-0.1, -0.05) is 0 Å². The first kappa shape index (κ1) is 16.1. The highest BCUT2D eigenvalue weighted by atomic mass is 35.5. The summed E-state index contributed by atoms with van der Waals surface area (Å²) in [6.07, 6.45) is 0. The van der Waals surface area contributed by atoms with Crippen molar-refractivity contribution in [2.45, 2.75) is 19.5 Å². The van der Waals surface area contributed by atoms with Crippen molar-refractivity contribution in [3.63, 3.8) is 0 Å². The summed E-state index contributed by atoms with van der Waals surface area (Å²) in [7, 11) is 3.37. The standard InChI is InChI=1S/C14H22N2O2.ClH/c1-11-9-16(5-4-15-11)10-12-6-13(17-2)8-14(7-12)18-3;/h6-8,11,15H,4-5,9-10H2,1-3H3;1H/t11-;/m0./s1. The summed E-state index contributed by atoms with van der Waals surface area (Å²) in [6.45, 7) is 6.39. The monoisotopic (exact) mass is 286 g/mol. The second-order valence-corrected chi connectivity index (χ2v) is 4.81. The van der Waals surface area contributed by atoms with Gasteiger partial charge in [-0.2, -0.15) is 0 Å². The van der Waals surface area contributed by atoms with Crippen LogP contribution in [-0.2, 0) is 6.54 Å². The smallest absolute Gasteiger partial charge is 0.122 e. The molecule has 19 heavy (non-hydrogen) atoms. The van der Waals surface area contributed by atoms with Crippen LogP contribution in [0.4, 0.5) is 0 Å². The molecular weight excluding hydrogens is 264 g/mol. The second-order valence-electron chi connectivity index (χ2n) is 4.81. The molecule has 1 aliphatic heterocycles. The summed E-state index contributed by atoms with van der Waals surface area (Å²) >= 11 is 0. The van der Waals surface area contributed by atoms with Crippen LogP contribution in [0.5, 0.6) is 11.5 Å². The number of hydrogen-bond donors (Lipinski definition) is 1.